The molecule has 0 bridgehead atoms. The maximum absolute atomic E-state index is 11.1. The fraction of sp³-hybridized carbons (Fsp3) is 0.556. The molecule has 1 rings (SSSR count). The molecule has 0 aromatic heterocycles. The molecule has 1 atom stereocenters. The molecule has 1 saturated heterocycles. The van der Waals surface area contributed by atoms with Gasteiger partial charge in [0.15, 0.2) is 0 Å². The van der Waals surface area contributed by atoms with Gasteiger partial charge in [0.2, 0.25) is 0 Å². The van der Waals surface area contributed by atoms with Crippen LogP contribution in [-0.4, -0.2) is 17.7 Å². The van der Waals surface area contributed by atoms with Gasteiger partial charge in [-0.25, -0.2) is 4.79 Å². The molecule has 1 unspecified atom stereocenters. The zero-order chi connectivity index (χ0) is 10.8. The second-order valence-corrected chi connectivity index (χ2v) is 3.71. The molecule has 0 N–H and O–H groups in total. The zero-order valence-corrected chi connectivity index (χ0v) is 8.60. The standard InChI is InChI=1S/C9H11ClO4/c1-6(10)8(12)14-9(2)5-3-4-7(11)13-9/h1,3-5H2,2H3. The van der Waals surface area contributed by atoms with Crippen molar-refractivity contribution in [2.45, 2.75) is 32.0 Å². The smallest absolute Gasteiger partial charge is 0.352 e. The van der Waals surface area contributed by atoms with Crippen molar-refractivity contribution in [3.05, 3.63) is 11.6 Å². The molecule has 0 spiro atoms. The van der Waals surface area contributed by atoms with Gasteiger partial charge in [-0.3, -0.25) is 4.79 Å². The molecule has 0 aromatic rings. The van der Waals surface area contributed by atoms with Gasteiger partial charge in [-0.05, 0) is 6.42 Å². The summed E-state index contributed by atoms with van der Waals surface area (Å²) in [5.74, 6) is -2.32. The molecule has 1 fully saturated rings. The van der Waals surface area contributed by atoms with Crippen LogP contribution < -0.4 is 0 Å². The van der Waals surface area contributed by atoms with Crippen LogP contribution in [0.25, 0.3) is 0 Å². The number of carbonyl (C=O) groups is 2. The highest BCUT2D eigenvalue weighted by Crippen LogP contribution is 2.27. The van der Waals surface area contributed by atoms with Crippen molar-refractivity contribution in [3.8, 4) is 0 Å². The van der Waals surface area contributed by atoms with Crippen LogP contribution in [0, 0.1) is 0 Å². The minimum atomic E-state index is -1.19. The van der Waals surface area contributed by atoms with Crippen molar-refractivity contribution in [1.82, 2.24) is 0 Å². The van der Waals surface area contributed by atoms with Gasteiger partial charge in [0.1, 0.15) is 5.03 Å². The number of hydrogen-bond acceptors (Lipinski definition) is 4. The summed E-state index contributed by atoms with van der Waals surface area (Å²) in [6.07, 6.45) is 1.47. The van der Waals surface area contributed by atoms with E-state index < -0.39 is 11.8 Å². The molecule has 0 aliphatic carbocycles. The average molecular weight is 219 g/mol. The van der Waals surface area contributed by atoms with E-state index in [1.807, 2.05) is 0 Å². The largest absolute Gasteiger partial charge is 0.423 e. The monoisotopic (exact) mass is 218 g/mol. The Morgan fingerprint density at radius 2 is 2.36 bits per heavy atom. The highest BCUT2D eigenvalue weighted by molar-refractivity contribution is 6.40. The maximum atomic E-state index is 11.1. The van der Waals surface area contributed by atoms with E-state index in [0.29, 0.717) is 19.3 Å². The summed E-state index contributed by atoms with van der Waals surface area (Å²) >= 11 is 5.34. The molecule has 78 valence electrons. The zero-order valence-electron chi connectivity index (χ0n) is 7.84. The van der Waals surface area contributed by atoms with Crippen LogP contribution in [0.1, 0.15) is 26.2 Å². The molecule has 5 heteroatoms. The number of halogens is 1. The number of hydrogen-bond donors (Lipinski definition) is 0. The van der Waals surface area contributed by atoms with Crippen molar-refractivity contribution < 1.29 is 19.1 Å². The van der Waals surface area contributed by atoms with E-state index in [4.69, 9.17) is 21.1 Å². The summed E-state index contributed by atoms with van der Waals surface area (Å²) < 4.78 is 9.81. The van der Waals surface area contributed by atoms with Crippen molar-refractivity contribution in [3.63, 3.8) is 0 Å². The van der Waals surface area contributed by atoms with Gasteiger partial charge in [0.05, 0.1) is 0 Å². The van der Waals surface area contributed by atoms with E-state index in [-0.39, 0.29) is 11.0 Å². The molecule has 0 radical (unpaired) electrons. The Hall–Kier alpha value is -1.03. The summed E-state index contributed by atoms with van der Waals surface area (Å²) in [5, 5.41) is -0.229. The number of ether oxygens (including phenoxy) is 2. The molecule has 0 aromatic carbocycles. The van der Waals surface area contributed by atoms with Gasteiger partial charge in [-0.2, -0.15) is 0 Å². The number of cyclic esters (lactones) is 1. The fourth-order valence-electron chi connectivity index (χ4n) is 1.22. The molecule has 0 saturated carbocycles. The third kappa shape index (κ3) is 2.73. The van der Waals surface area contributed by atoms with E-state index in [2.05, 4.69) is 6.58 Å². The lowest BCUT2D eigenvalue weighted by molar-refractivity contribution is -0.229. The van der Waals surface area contributed by atoms with Gasteiger partial charge >= 0.3 is 11.9 Å². The summed E-state index contributed by atoms with van der Waals surface area (Å²) in [6, 6.07) is 0. The molecule has 1 aliphatic heterocycles. The normalized spacial score (nSPS) is 26.6. The third-order valence-corrected chi connectivity index (χ3v) is 2.03. The van der Waals surface area contributed by atoms with E-state index in [0.717, 1.165) is 0 Å². The average Bonchev–Trinajstić information content (AvgIpc) is 2.02. The van der Waals surface area contributed by atoms with Crippen molar-refractivity contribution >= 4 is 23.5 Å². The third-order valence-electron chi connectivity index (χ3n) is 1.87. The lowest BCUT2D eigenvalue weighted by Gasteiger charge is -2.32. The van der Waals surface area contributed by atoms with Crippen LogP contribution in [0.5, 0.6) is 0 Å². The number of esters is 2. The minimum absolute atomic E-state index is 0.229. The van der Waals surface area contributed by atoms with Crippen LogP contribution in [0.4, 0.5) is 0 Å². The quantitative estimate of drug-likeness (QED) is 0.523. The Morgan fingerprint density at radius 3 is 2.86 bits per heavy atom. The molecule has 1 aliphatic rings. The SMILES string of the molecule is C=C(Cl)C(=O)OC1(C)CCCC(=O)O1. The van der Waals surface area contributed by atoms with Gasteiger partial charge in [0, 0.05) is 19.8 Å². The number of carbonyl (C=O) groups excluding carboxylic acids is 2. The van der Waals surface area contributed by atoms with Gasteiger partial charge in [-0.15, -0.1) is 0 Å². The highest BCUT2D eigenvalue weighted by Gasteiger charge is 2.36. The Labute approximate surface area is 86.8 Å². The predicted octanol–water partition coefficient (Wildman–Crippen LogP) is 1.73. The second-order valence-electron chi connectivity index (χ2n) is 3.26. The first-order chi connectivity index (χ1) is 6.43. The topological polar surface area (TPSA) is 52.6 Å². The Bertz CT molecular complexity index is 287. The van der Waals surface area contributed by atoms with Crippen LogP contribution in [0.15, 0.2) is 11.6 Å². The first-order valence-corrected chi connectivity index (χ1v) is 4.60. The molecule has 0 amide bonds. The van der Waals surface area contributed by atoms with Crippen molar-refractivity contribution in [2.24, 2.45) is 0 Å². The van der Waals surface area contributed by atoms with E-state index in [1.54, 1.807) is 0 Å². The van der Waals surface area contributed by atoms with Gasteiger partial charge in [-0.1, -0.05) is 18.2 Å². The fourth-order valence-corrected chi connectivity index (χ4v) is 1.26. The Balaban J connectivity index is 2.61. The Kier molecular flexibility index (Phi) is 3.16. The van der Waals surface area contributed by atoms with Crippen molar-refractivity contribution in [1.29, 1.82) is 0 Å². The number of rotatable bonds is 2. The maximum Gasteiger partial charge on any atom is 0.352 e. The summed E-state index contributed by atoms with van der Waals surface area (Å²) in [5.41, 5.74) is 0. The molecule has 1 heterocycles. The summed E-state index contributed by atoms with van der Waals surface area (Å²) in [7, 11) is 0. The molecular formula is C9H11ClO4. The summed E-state index contributed by atoms with van der Waals surface area (Å²) in [6.45, 7) is 4.75. The van der Waals surface area contributed by atoms with E-state index >= 15 is 0 Å². The van der Waals surface area contributed by atoms with E-state index in [9.17, 15) is 9.59 Å². The predicted molar refractivity (Wildman–Crippen MR) is 49.4 cm³/mol. The Morgan fingerprint density at radius 1 is 1.71 bits per heavy atom. The first-order valence-electron chi connectivity index (χ1n) is 4.22. The van der Waals surface area contributed by atoms with Gasteiger partial charge in [0.25, 0.3) is 5.79 Å². The lowest BCUT2D eigenvalue weighted by atomic mass is 10.1. The van der Waals surface area contributed by atoms with Crippen LogP contribution >= 0.6 is 11.6 Å². The summed E-state index contributed by atoms with van der Waals surface area (Å²) in [4.78, 5) is 22.0. The van der Waals surface area contributed by atoms with Crippen LogP contribution in [-0.2, 0) is 19.1 Å². The lowest BCUT2D eigenvalue weighted by Crippen LogP contribution is -2.40. The molecular weight excluding hydrogens is 208 g/mol. The van der Waals surface area contributed by atoms with E-state index in [1.165, 1.54) is 6.92 Å². The highest BCUT2D eigenvalue weighted by atomic mass is 35.5. The first kappa shape index (κ1) is 11.0. The van der Waals surface area contributed by atoms with Crippen molar-refractivity contribution in [2.75, 3.05) is 0 Å². The van der Waals surface area contributed by atoms with Crippen LogP contribution in [0.2, 0.25) is 0 Å². The molecule has 14 heavy (non-hydrogen) atoms. The van der Waals surface area contributed by atoms with Gasteiger partial charge < -0.3 is 9.47 Å². The second kappa shape index (κ2) is 4.00. The molecule has 4 nitrogen and oxygen atoms in total. The minimum Gasteiger partial charge on any atom is -0.423 e. The van der Waals surface area contributed by atoms with Crippen LogP contribution in [0.3, 0.4) is 0 Å².